The Labute approximate surface area is 202 Å². The molecule has 0 saturated heterocycles. The molecule has 3 heterocycles. The lowest BCUT2D eigenvalue weighted by Crippen LogP contribution is -2.28. The molecule has 34 heavy (non-hydrogen) atoms. The van der Waals surface area contributed by atoms with Crippen molar-refractivity contribution in [2.45, 2.75) is 52.9 Å². The smallest absolute Gasteiger partial charge is 0.165 e. The van der Waals surface area contributed by atoms with E-state index in [1.54, 1.807) is 0 Å². The average molecular weight is 457 g/mol. The van der Waals surface area contributed by atoms with E-state index in [-0.39, 0.29) is 5.41 Å². The Morgan fingerprint density at radius 1 is 1.24 bits per heavy atom. The molecule has 1 N–H and O–H groups in total. The molecule has 4 bridgehead atoms. The van der Waals surface area contributed by atoms with Crippen molar-refractivity contribution in [1.82, 2.24) is 14.6 Å². The minimum Gasteiger partial charge on any atom is -0.493 e. The lowest BCUT2D eigenvalue weighted by molar-refractivity contribution is 0.171. The maximum atomic E-state index is 6.46. The molecule has 5 heteroatoms. The molecule has 178 valence electrons. The monoisotopic (exact) mass is 456 g/mol. The first-order valence-electron chi connectivity index (χ1n) is 12.6. The number of aromatic nitrogens is 3. The summed E-state index contributed by atoms with van der Waals surface area (Å²) in [5, 5.41) is 8.10. The highest BCUT2D eigenvalue weighted by atomic mass is 16.5. The summed E-state index contributed by atoms with van der Waals surface area (Å²) in [5.41, 5.74) is 5.99. The molecule has 0 radical (unpaired) electrons. The van der Waals surface area contributed by atoms with Crippen LogP contribution in [-0.4, -0.2) is 27.7 Å². The average Bonchev–Trinajstić information content (AvgIpc) is 3.23. The third-order valence-electron chi connectivity index (χ3n) is 7.87. The third kappa shape index (κ3) is 4.48. The van der Waals surface area contributed by atoms with Gasteiger partial charge in [0, 0.05) is 24.2 Å². The highest BCUT2D eigenvalue weighted by Gasteiger charge is 2.31. The Morgan fingerprint density at radius 2 is 2.12 bits per heavy atom. The third-order valence-corrected chi connectivity index (χ3v) is 7.87. The number of hydrogen-bond acceptors (Lipinski definition) is 4. The largest absolute Gasteiger partial charge is 0.493 e. The van der Waals surface area contributed by atoms with Crippen molar-refractivity contribution in [3.8, 4) is 16.9 Å². The Balaban J connectivity index is 1.52. The first-order valence-corrected chi connectivity index (χ1v) is 12.6. The standard InChI is InChI=1S/C29H36N4O/c1-5-6-23-9-8-22-19-34-24-10-7-20(2)25(17-24)26-18-31-33-16-13-27(32-28(26)33)30-15-12-21(22)11-14-29(23,3)4/h5,7,10-11,13,16-18,22-23H,1,6,8-9,12,14-15,19H2,2-4H3,(H,30,32)/b21-11+/t22-,23?/m0/s1. The van der Waals surface area contributed by atoms with Crippen LogP contribution in [0.2, 0.25) is 0 Å². The van der Waals surface area contributed by atoms with E-state index in [9.17, 15) is 0 Å². The zero-order valence-electron chi connectivity index (χ0n) is 20.7. The number of fused-ring (bicyclic) bond motifs is 5. The van der Waals surface area contributed by atoms with Crippen LogP contribution in [0.15, 0.2) is 61.0 Å². The lowest BCUT2D eigenvalue weighted by Gasteiger charge is -2.37. The summed E-state index contributed by atoms with van der Waals surface area (Å²) >= 11 is 0. The molecule has 5 rings (SSSR count). The molecule has 1 aromatic carbocycles. The van der Waals surface area contributed by atoms with Gasteiger partial charge in [-0.2, -0.15) is 5.10 Å². The van der Waals surface area contributed by atoms with Gasteiger partial charge in [-0.3, -0.25) is 0 Å². The van der Waals surface area contributed by atoms with Gasteiger partial charge in [-0.1, -0.05) is 37.6 Å². The molecule has 3 aromatic rings. The van der Waals surface area contributed by atoms with Crippen LogP contribution in [-0.2, 0) is 0 Å². The van der Waals surface area contributed by atoms with E-state index in [4.69, 9.17) is 9.72 Å². The van der Waals surface area contributed by atoms with Gasteiger partial charge in [-0.15, -0.1) is 6.58 Å². The fourth-order valence-electron chi connectivity index (χ4n) is 5.51. The highest BCUT2D eigenvalue weighted by Crippen LogP contribution is 2.42. The molecular weight excluding hydrogens is 420 g/mol. The fourth-order valence-corrected chi connectivity index (χ4v) is 5.51. The number of rotatable bonds is 2. The number of hydrogen-bond donors (Lipinski definition) is 1. The van der Waals surface area contributed by atoms with Crippen molar-refractivity contribution in [2.24, 2.45) is 17.3 Å². The molecule has 2 atom stereocenters. The molecule has 1 unspecified atom stereocenters. The maximum Gasteiger partial charge on any atom is 0.165 e. The van der Waals surface area contributed by atoms with Crippen molar-refractivity contribution in [3.63, 3.8) is 0 Å². The van der Waals surface area contributed by atoms with Crippen molar-refractivity contribution < 1.29 is 4.74 Å². The predicted octanol–water partition coefficient (Wildman–Crippen LogP) is 6.84. The van der Waals surface area contributed by atoms with Crippen LogP contribution in [0.1, 0.15) is 51.5 Å². The Hall–Kier alpha value is -3.08. The first kappa shape index (κ1) is 22.7. The van der Waals surface area contributed by atoms with Gasteiger partial charge in [0.05, 0.1) is 12.8 Å². The van der Waals surface area contributed by atoms with Crippen LogP contribution in [0.25, 0.3) is 16.8 Å². The second-order valence-electron chi connectivity index (χ2n) is 10.6. The van der Waals surface area contributed by atoms with Crippen LogP contribution < -0.4 is 10.1 Å². The van der Waals surface area contributed by atoms with E-state index < -0.39 is 0 Å². The quantitative estimate of drug-likeness (QED) is 0.429. The van der Waals surface area contributed by atoms with E-state index in [1.807, 2.05) is 23.0 Å². The van der Waals surface area contributed by atoms with E-state index in [0.717, 1.165) is 60.6 Å². The van der Waals surface area contributed by atoms with E-state index >= 15 is 0 Å². The van der Waals surface area contributed by atoms with Gasteiger partial charge in [0.25, 0.3) is 0 Å². The summed E-state index contributed by atoms with van der Waals surface area (Å²) in [6, 6.07) is 8.39. The molecule has 0 fully saturated rings. The number of ether oxygens (including phenoxy) is 1. The number of nitrogens with one attached hydrogen (secondary N) is 1. The van der Waals surface area contributed by atoms with Crippen molar-refractivity contribution in [2.75, 3.05) is 18.5 Å². The van der Waals surface area contributed by atoms with Crippen LogP contribution >= 0.6 is 0 Å². The summed E-state index contributed by atoms with van der Waals surface area (Å²) < 4.78 is 8.30. The van der Waals surface area contributed by atoms with Crippen LogP contribution in [0.4, 0.5) is 5.82 Å². The summed E-state index contributed by atoms with van der Waals surface area (Å²) in [7, 11) is 0. The number of anilines is 1. The molecular formula is C29H36N4O. The highest BCUT2D eigenvalue weighted by molar-refractivity contribution is 5.80. The van der Waals surface area contributed by atoms with Crippen molar-refractivity contribution in [3.05, 3.63) is 66.5 Å². The maximum absolute atomic E-state index is 6.46. The Kier molecular flexibility index (Phi) is 6.20. The molecule has 1 aliphatic heterocycles. The van der Waals surface area contributed by atoms with Crippen molar-refractivity contribution in [1.29, 1.82) is 0 Å². The molecule has 0 spiro atoms. The summed E-state index contributed by atoms with van der Waals surface area (Å²) in [5.74, 6) is 2.87. The minimum absolute atomic E-state index is 0.274. The van der Waals surface area contributed by atoms with E-state index in [2.05, 4.69) is 68.1 Å². The fraction of sp³-hybridized carbons (Fsp3) is 0.448. The Morgan fingerprint density at radius 3 is 2.97 bits per heavy atom. The van der Waals surface area contributed by atoms with Crippen LogP contribution in [0.3, 0.4) is 0 Å². The van der Waals surface area contributed by atoms with Gasteiger partial charge in [-0.05, 0) is 79.7 Å². The molecule has 2 aromatic heterocycles. The second-order valence-corrected chi connectivity index (χ2v) is 10.6. The summed E-state index contributed by atoms with van der Waals surface area (Å²) in [4.78, 5) is 4.91. The van der Waals surface area contributed by atoms with Gasteiger partial charge in [-0.25, -0.2) is 9.50 Å². The van der Waals surface area contributed by atoms with Gasteiger partial charge in [0.15, 0.2) is 5.65 Å². The SMILES string of the molecule is C=CCC1CC[C@H]2COc3ccc(C)c(c3)-c3cnn4ccc(nc34)NCC/C2=C\CC1(C)C. The zero-order chi connectivity index (χ0) is 23.7. The second kappa shape index (κ2) is 9.28. The number of allylic oxidation sites excluding steroid dienone is 2. The predicted molar refractivity (Wildman–Crippen MR) is 139 cm³/mol. The van der Waals surface area contributed by atoms with Crippen molar-refractivity contribution >= 4 is 11.5 Å². The van der Waals surface area contributed by atoms with Gasteiger partial charge < -0.3 is 10.1 Å². The molecule has 0 amide bonds. The normalized spacial score (nSPS) is 23.9. The molecule has 5 nitrogen and oxygen atoms in total. The summed E-state index contributed by atoms with van der Waals surface area (Å²) in [6.07, 6.45) is 14.0. The summed E-state index contributed by atoms with van der Waals surface area (Å²) in [6.45, 7) is 12.5. The topological polar surface area (TPSA) is 51.5 Å². The van der Waals surface area contributed by atoms with Gasteiger partial charge in [0.1, 0.15) is 11.6 Å². The minimum atomic E-state index is 0.274. The van der Waals surface area contributed by atoms with E-state index in [0.29, 0.717) is 18.4 Å². The number of nitrogens with zero attached hydrogens (tertiary/aromatic N) is 3. The Bertz CT molecular complexity index is 1220. The number of aryl methyl sites for hydroxylation is 1. The zero-order valence-corrected chi connectivity index (χ0v) is 20.7. The number of benzene rings is 1. The first-order chi connectivity index (χ1) is 16.4. The lowest BCUT2D eigenvalue weighted by atomic mass is 9.69. The molecule has 2 aliphatic rings. The van der Waals surface area contributed by atoms with Gasteiger partial charge >= 0.3 is 0 Å². The van der Waals surface area contributed by atoms with Crippen LogP contribution in [0, 0.1) is 24.2 Å². The van der Waals surface area contributed by atoms with Gasteiger partial charge in [0.2, 0.25) is 0 Å². The molecule has 1 aliphatic carbocycles. The van der Waals surface area contributed by atoms with Crippen LogP contribution in [0.5, 0.6) is 5.75 Å². The molecule has 0 saturated carbocycles. The van der Waals surface area contributed by atoms with E-state index in [1.165, 1.54) is 17.6 Å².